The Kier molecular flexibility index (Phi) is 7.87. The summed E-state index contributed by atoms with van der Waals surface area (Å²) in [6, 6.07) is 5.33. The Hall–Kier alpha value is -1.44. The van der Waals surface area contributed by atoms with E-state index >= 15 is 0 Å². The van der Waals surface area contributed by atoms with Gasteiger partial charge in [0.2, 0.25) is 15.9 Å². The van der Waals surface area contributed by atoms with E-state index in [0.29, 0.717) is 19.8 Å². The van der Waals surface area contributed by atoms with Crippen LogP contribution in [0.2, 0.25) is 0 Å². The number of ether oxygens (including phenoxy) is 1. The molecule has 0 radical (unpaired) electrons. The molecule has 1 aliphatic carbocycles. The summed E-state index contributed by atoms with van der Waals surface area (Å²) in [5.41, 5.74) is 2.37. The zero-order chi connectivity index (χ0) is 18.1. The first-order valence-electron chi connectivity index (χ1n) is 8.99. The first-order chi connectivity index (χ1) is 12.0. The monoisotopic (exact) mass is 368 g/mol. The highest BCUT2D eigenvalue weighted by molar-refractivity contribution is 7.89. The highest BCUT2D eigenvalue weighted by Crippen LogP contribution is 2.23. The summed E-state index contributed by atoms with van der Waals surface area (Å²) in [4.78, 5) is 12.0. The van der Waals surface area contributed by atoms with Gasteiger partial charge >= 0.3 is 0 Å². The van der Waals surface area contributed by atoms with E-state index in [1.807, 2.05) is 13.0 Å². The molecule has 0 fully saturated rings. The average molecular weight is 368 g/mol. The molecule has 7 heteroatoms. The normalized spacial score (nSPS) is 14.1. The topological polar surface area (TPSA) is 84.5 Å². The van der Waals surface area contributed by atoms with Crippen LogP contribution < -0.4 is 10.0 Å². The number of rotatable bonds is 10. The molecule has 0 saturated heterocycles. The van der Waals surface area contributed by atoms with E-state index in [1.54, 1.807) is 12.1 Å². The van der Waals surface area contributed by atoms with E-state index in [-0.39, 0.29) is 23.8 Å². The quantitative estimate of drug-likeness (QED) is 0.617. The van der Waals surface area contributed by atoms with Gasteiger partial charge in [-0.15, -0.1) is 0 Å². The van der Waals surface area contributed by atoms with Crippen LogP contribution >= 0.6 is 0 Å². The maximum Gasteiger partial charge on any atom is 0.240 e. The van der Waals surface area contributed by atoms with E-state index in [0.717, 1.165) is 37.7 Å². The second-order valence-corrected chi connectivity index (χ2v) is 7.95. The predicted octanol–water partition coefficient (Wildman–Crippen LogP) is 1.78. The van der Waals surface area contributed by atoms with E-state index in [1.165, 1.54) is 5.56 Å². The van der Waals surface area contributed by atoms with E-state index < -0.39 is 10.0 Å². The van der Waals surface area contributed by atoms with Gasteiger partial charge in [0, 0.05) is 32.7 Å². The third kappa shape index (κ3) is 6.41. The average Bonchev–Trinajstić information content (AvgIpc) is 2.61. The summed E-state index contributed by atoms with van der Waals surface area (Å²) in [7, 11) is -3.57. The molecule has 140 valence electrons. The first-order valence-corrected chi connectivity index (χ1v) is 10.5. The predicted molar refractivity (Wildman–Crippen MR) is 97.0 cm³/mol. The number of benzene rings is 1. The molecule has 0 heterocycles. The highest BCUT2D eigenvalue weighted by atomic mass is 32.2. The van der Waals surface area contributed by atoms with Crippen molar-refractivity contribution in [3.8, 4) is 0 Å². The van der Waals surface area contributed by atoms with Crippen LogP contribution in [0.5, 0.6) is 0 Å². The number of hydrogen-bond acceptors (Lipinski definition) is 4. The van der Waals surface area contributed by atoms with Gasteiger partial charge in [-0.05, 0) is 62.3 Å². The van der Waals surface area contributed by atoms with Crippen molar-refractivity contribution < 1.29 is 17.9 Å². The minimum Gasteiger partial charge on any atom is -0.382 e. The zero-order valence-corrected chi connectivity index (χ0v) is 15.7. The van der Waals surface area contributed by atoms with E-state index in [2.05, 4.69) is 10.0 Å². The van der Waals surface area contributed by atoms with Crippen LogP contribution in [-0.2, 0) is 32.4 Å². The van der Waals surface area contributed by atoms with E-state index in [4.69, 9.17) is 4.74 Å². The van der Waals surface area contributed by atoms with Crippen molar-refractivity contribution in [3.05, 3.63) is 29.3 Å². The van der Waals surface area contributed by atoms with Crippen LogP contribution in [0.15, 0.2) is 23.1 Å². The summed E-state index contributed by atoms with van der Waals surface area (Å²) in [5.74, 6) is -0.162. The maximum absolute atomic E-state index is 12.4. The number of amides is 1. The lowest BCUT2D eigenvalue weighted by atomic mass is 9.92. The molecule has 0 spiro atoms. The molecule has 1 aromatic rings. The third-order valence-electron chi connectivity index (χ3n) is 4.27. The number of fused-ring (bicyclic) bond motifs is 1. The zero-order valence-electron chi connectivity index (χ0n) is 14.8. The molecule has 0 atom stereocenters. The lowest BCUT2D eigenvalue weighted by Gasteiger charge is -2.16. The van der Waals surface area contributed by atoms with Crippen molar-refractivity contribution in [2.45, 2.75) is 50.3 Å². The number of hydrogen-bond donors (Lipinski definition) is 2. The van der Waals surface area contributed by atoms with Gasteiger partial charge in [0.1, 0.15) is 0 Å². The number of aryl methyl sites for hydroxylation is 2. The smallest absolute Gasteiger partial charge is 0.240 e. The Morgan fingerprint density at radius 1 is 1.16 bits per heavy atom. The maximum atomic E-state index is 12.4. The summed E-state index contributed by atoms with van der Waals surface area (Å²) < 4.78 is 32.4. The second kappa shape index (κ2) is 9.89. The molecule has 6 nitrogen and oxygen atoms in total. The van der Waals surface area contributed by atoms with Crippen molar-refractivity contribution in [1.82, 2.24) is 10.0 Å². The molecule has 0 saturated carbocycles. The number of sulfonamides is 1. The molecule has 2 rings (SSSR count). The molecule has 0 unspecified atom stereocenters. The minimum atomic E-state index is -3.57. The van der Waals surface area contributed by atoms with Gasteiger partial charge in [-0.25, -0.2) is 13.1 Å². The lowest BCUT2D eigenvalue weighted by molar-refractivity contribution is -0.120. The Bertz CT molecular complexity index is 674. The number of nitrogens with one attached hydrogen (secondary N) is 2. The molecule has 2 N–H and O–H groups in total. The number of carbonyl (C=O) groups excluding carboxylic acids is 1. The van der Waals surface area contributed by atoms with Gasteiger partial charge in [0.05, 0.1) is 4.90 Å². The van der Waals surface area contributed by atoms with Gasteiger partial charge in [0.25, 0.3) is 0 Å². The van der Waals surface area contributed by atoms with E-state index in [9.17, 15) is 13.2 Å². The fourth-order valence-corrected chi connectivity index (χ4v) is 3.98. The van der Waals surface area contributed by atoms with Crippen molar-refractivity contribution in [2.75, 3.05) is 26.3 Å². The molecule has 0 aliphatic heterocycles. The fourth-order valence-electron chi connectivity index (χ4n) is 2.89. The Labute approximate surface area is 150 Å². The van der Waals surface area contributed by atoms with Crippen molar-refractivity contribution in [2.24, 2.45) is 0 Å². The first kappa shape index (κ1) is 19.9. The molecular weight excluding hydrogens is 340 g/mol. The van der Waals surface area contributed by atoms with Crippen LogP contribution in [0, 0.1) is 0 Å². The molecule has 1 aromatic carbocycles. The van der Waals surface area contributed by atoms with Gasteiger partial charge in [-0.3, -0.25) is 4.79 Å². The molecule has 0 aromatic heterocycles. The molecule has 1 amide bonds. The van der Waals surface area contributed by atoms with Gasteiger partial charge in [-0.2, -0.15) is 0 Å². The molecular formula is C18H28N2O4S. The summed E-state index contributed by atoms with van der Waals surface area (Å²) >= 11 is 0. The minimum absolute atomic E-state index is 0.0940. The molecule has 0 bridgehead atoms. The molecule has 1 aliphatic rings. The third-order valence-corrected chi connectivity index (χ3v) is 5.72. The van der Waals surface area contributed by atoms with Crippen LogP contribution in [0.4, 0.5) is 0 Å². The van der Waals surface area contributed by atoms with Crippen molar-refractivity contribution >= 4 is 15.9 Å². The fraction of sp³-hybridized carbons (Fsp3) is 0.611. The van der Waals surface area contributed by atoms with Gasteiger partial charge in [0.15, 0.2) is 0 Å². The van der Waals surface area contributed by atoms with Crippen LogP contribution in [-0.4, -0.2) is 40.6 Å². The number of carbonyl (C=O) groups is 1. The van der Waals surface area contributed by atoms with Crippen LogP contribution in [0.1, 0.15) is 43.7 Å². The molecule has 25 heavy (non-hydrogen) atoms. The van der Waals surface area contributed by atoms with Crippen molar-refractivity contribution in [1.29, 1.82) is 0 Å². The Morgan fingerprint density at radius 2 is 1.92 bits per heavy atom. The summed E-state index contributed by atoms with van der Waals surface area (Å²) in [6.07, 6.45) is 5.10. The lowest BCUT2D eigenvalue weighted by Crippen LogP contribution is -2.31. The van der Waals surface area contributed by atoms with Gasteiger partial charge < -0.3 is 10.1 Å². The van der Waals surface area contributed by atoms with Crippen LogP contribution in [0.25, 0.3) is 0 Å². The van der Waals surface area contributed by atoms with Crippen LogP contribution in [0.3, 0.4) is 0 Å². The summed E-state index contributed by atoms with van der Waals surface area (Å²) in [6.45, 7) is 3.83. The van der Waals surface area contributed by atoms with Gasteiger partial charge in [-0.1, -0.05) is 6.07 Å². The Balaban J connectivity index is 1.77. The second-order valence-electron chi connectivity index (χ2n) is 6.19. The summed E-state index contributed by atoms with van der Waals surface area (Å²) in [5, 5.41) is 2.75. The Morgan fingerprint density at radius 3 is 2.68 bits per heavy atom. The van der Waals surface area contributed by atoms with Crippen molar-refractivity contribution in [3.63, 3.8) is 0 Å². The standard InChI is InChI=1S/C18H28N2O4S/c1-2-24-13-5-11-19-18(21)10-12-20-25(22,23)17-9-8-15-6-3-4-7-16(15)14-17/h8-9,14,20H,2-7,10-13H2,1H3,(H,19,21). The highest BCUT2D eigenvalue weighted by Gasteiger charge is 2.17. The SMILES string of the molecule is CCOCCCNC(=O)CCNS(=O)(=O)c1ccc2c(c1)CCCC2. The largest absolute Gasteiger partial charge is 0.382 e.